The van der Waals surface area contributed by atoms with Crippen molar-refractivity contribution in [1.29, 1.82) is 0 Å². The average molecular weight is 299 g/mol. The van der Waals surface area contributed by atoms with Crippen LogP contribution in [0.15, 0.2) is 16.7 Å². The number of fused-ring (bicyclic) bond motifs is 1. The van der Waals surface area contributed by atoms with E-state index in [4.69, 9.17) is 4.52 Å². The van der Waals surface area contributed by atoms with Gasteiger partial charge in [0.1, 0.15) is 11.8 Å². The quantitative estimate of drug-likeness (QED) is 0.924. The second-order valence-corrected chi connectivity index (χ2v) is 6.05. The Morgan fingerprint density at radius 1 is 1.23 bits per heavy atom. The van der Waals surface area contributed by atoms with Crippen molar-refractivity contribution in [2.24, 2.45) is 0 Å². The van der Waals surface area contributed by atoms with Crippen molar-refractivity contribution < 1.29 is 9.32 Å². The lowest BCUT2D eigenvalue weighted by Gasteiger charge is -2.34. The first kappa shape index (κ1) is 14.6. The summed E-state index contributed by atoms with van der Waals surface area (Å²) in [7, 11) is 0. The van der Waals surface area contributed by atoms with Crippen molar-refractivity contribution in [2.45, 2.75) is 47.2 Å². The summed E-state index contributed by atoms with van der Waals surface area (Å²) >= 11 is 0. The molecule has 1 aromatic heterocycles. The summed E-state index contributed by atoms with van der Waals surface area (Å²) < 4.78 is 5.23. The molecule has 0 saturated carbocycles. The van der Waals surface area contributed by atoms with Crippen LogP contribution in [-0.2, 0) is 11.3 Å². The monoisotopic (exact) mass is 299 g/mol. The molecule has 1 aliphatic rings. The number of nitrogens with zero attached hydrogens (tertiary/aromatic N) is 2. The van der Waals surface area contributed by atoms with E-state index in [-0.39, 0.29) is 11.9 Å². The second kappa shape index (κ2) is 5.16. The zero-order chi connectivity index (χ0) is 16.0. The Morgan fingerprint density at radius 2 is 1.91 bits per heavy atom. The van der Waals surface area contributed by atoms with Gasteiger partial charge in [-0.3, -0.25) is 4.79 Å². The molecule has 3 rings (SSSR count). The van der Waals surface area contributed by atoms with Gasteiger partial charge in [-0.05, 0) is 57.9 Å². The minimum atomic E-state index is -0.241. The van der Waals surface area contributed by atoms with E-state index in [0.29, 0.717) is 6.54 Å². The highest BCUT2D eigenvalue weighted by atomic mass is 16.5. The molecule has 2 aromatic rings. The van der Waals surface area contributed by atoms with Gasteiger partial charge in [0.05, 0.1) is 23.6 Å². The Morgan fingerprint density at radius 3 is 2.55 bits per heavy atom. The van der Waals surface area contributed by atoms with Crippen molar-refractivity contribution in [1.82, 2.24) is 5.16 Å². The van der Waals surface area contributed by atoms with Crippen LogP contribution >= 0.6 is 0 Å². The van der Waals surface area contributed by atoms with Crippen LogP contribution in [0.4, 0.5) is 11.4 Å². The van der Waals surface area contributed by atoms with Gasteiger partial charge in [0, 0.05) is 5.56 Å². The summed E-state index contributed by atoms with van der Waals surface area (Å²) in [5, 5.41) is 7.27. The Balaban J connectivity index is 2.07. The molecule has 0 bridgehead atoms. The normalized spacial score (nSPS) is 17.4. The van der Waals surface area contributed by atoms with Crippen LogP contribution in [0.2, 0.25) is 0 Å². The number of hydrogen-bond donors (Lipinski definition) is 1. The van der Waals surface area contributed by atoms with Crippen LogP contribution in [0.5, 0.6) is 0 Å². The van der Waals surface area contributed by atoms with E-state index in [2.05, 4.69) is 36.5 Å². The summed E-state index contributed by atoms with van der Waals surface area (Å²) in [5.74, 6) is 0.831. The lowest BCUT2D eigenvalue weighted by Crippen LogP contribution is -2.45. The van der Waals surface area contributed by atoms with Gasteiger partial charge in [0.25, 0.3) is 0 Å². The maximum absolute atomic E-state index is 12.6. The van der Waals surface area contributed by atoms with Gasteiger partial charge >= 0.3 is 0 Å². The van der Waals surface area contributed by atoms with Gasteiger partial charge in [-0.25, -0.2) is 0 Å². The number of aromatic nitrogens is 1. The van der Waals surface area contributed by atoms with E-state index in [1.165, 1.54) is 11.1 Å². The van der Waals surface area contributed by atoms with Crippen molar-refractivity contribution in [3.05, 3.63) is 40.3 Å². The zero-order valence-electron chi connectivity index (χ0n) is 13.7. The Hall–Kier alpha value is -2.30. The van der Waals surface area contributed by atoms with Crippen molar-refractivity contribution in [3.63, 3.8) is 0 Å². The maximum atomic E-state index is 12.6. The molecule has 0 radical (unpaired) electrons. The van der Waals surface area contributed by atoms with E-state index < -0.39 is 0 Å². The number of aryl methyl sites for hydroxylation is 4. The number of hydrogen-bond acceptors (Lipinski definition) is 4. The fraction of sp³-hybridized carbons (Fsp3) is 0.412. The molecule has 5 nitrogen and oxygen atoms in total. The van der Waals surface area contributed by atoms with E-state index in [1.807, 2.05) is 25.7 Å². The first-order valence-electron chi connectivity index (χ1n) is 7.49. The van der Waals surface area contributed by atoms with Gasteiger partial charge in [0.15, 0.2) is 0 Å². The third-order valence-corrected chi connectivity index (χ3v) is 4.41. The number of carbonyl (C=O) groups excluding carboxylic acids is 1. The molecular weight excluding hydrogens is 278 g/mol. The number of nitrogens with one attached hydrogen (secondary N) is 1. The first-order chi connectivity index (χ1) is 10.4. The molecule has 1 atom stereocenters. The van der Waals surface area contributed by atoms with E-state index >= 15 is 0 Å². The number of rotatable bonds is 2. The summed E-state index contributed by atoms with van der Waals surface area (Å²) in [4.78, 5) is 14.5. The van der Waals surface area contributed by atoms with Crippen molar-refractivity contribution in [2.75, 3.05) is 10.2 Å². The standard InChI is InChI=1S/C17H21N3O2/c1-9-6-15-16(7-10(9)2)20(17(21)12(4)18-15)8-14-11(3)19-22-13(14)5/h6-7,12,18H,8H2,1-5H3. The molecule has 0 fully saturated rings. The third-order valence-electron chi connectivity index (χ3n) is 4.41. The fourth-order valence-electron chi connectivity index (χ4n) is 2.84. The minimum absolute atomic E-state index is 0.0655. The molecule has 1 amide bonds. The SMILES string of the molecule is Cc1cc2c(cc1C)N(Cc1c(C)noc1C)C(=O)C(C)N2. The summed E-state index contributed by atoms with van der Waals surface area (Å²) in [6, 6.07) is 3.93. The highest BCUT2D eigenvalue weighted by molar-refractivity contribution is 6.04. The predicted octanol–water partition coefficient (Wildman–Crippen LogP) is 3.26. The summed E-state index contributed by atoms with van der Waals surface area (Å²) in [6.45, 7) is 10.3. The fourth-order valence-corrected chi connectivity index (χ4v) is 2.84. The Kier molecular flexibility index (Phi) is 3.43. The second-order valence-electron chi connectivity index (χ2n) is 6.05. The third kappa shape index (κ3) is 2.26. The summed E-state index contributed by atoms with van der Waals surface area (Å²) in [6.07, 6.45) is 0. The van der Waals surface area contributed by atoms with Crippen LogP contribution in [0.3, 0.4) is 0 Å². The molecule has 0 spiro atoms. The van der Waals surface area contributed by atoms with Crippen LogP contribution in [0.25, 0.3) is 0 Å². The Bertz CT molecular complexity index is 729. The molecule has 2 heterocycles. The number of amides is 1. The smallest absolute Gasteiger partial charge is 0.249 e. The lowest BCUT2D eigenvalue weighted by atomic mass is 10.0. The van der Waals surface area contributed by atoms with E-state index in [9.17, 15) is 4.79 Å². The zero-order valence-corrected chi connectivity index (χ0v) is 13.7. The highest BCUT2D eigenvalue weighted by Crippen LogP contribution is 2.35. The highest BCUT2D eigenvalue weighted by Gasteiger charge is 2.31. The maximum Gasteiger partial charge on any atom is 0.249 e. The molecule has 1 unspecified atom stereocenters. The molecule has 0 saturated heterocycles. The van der Waals surface area contributed by atoms with Gasteiger partial charge < -0.3 is 14.7 Å². The van der Waals surface area contributed by atoms with E-state index in [1.54, 1.807) is 0 Å². The number of carbonyl (C=O) groups is 1. The van der Waals surface area contributed by atoms with Gasteiger partial charge in [-0.15, -0.1) is 0 Å². The Labute approximate surface area is 130 Å². The van der Waals surface area contributed by atoms with Crippen LogP contribution in [-0.4, -0.2) is 17.1 Å². The minimum Gasteiger partial charge on any atom is -0.372 e. The van der Waals surface area contributed by atoms with Crippen LogP contribution in [0, 0.1) is 27.7 Å². The summed E-state index contributed by atoms with van der Waals surface area (Å²) in [5.41, 5.74) is 6.12. The molecule has 1 aromatic carbocycles. The van der Waals surface area contributed by atoms with Crippen molar-refractivity contribution >= 4 is 17.3 Å². The van der Waals surface area contributed by atoms with Crippen molar-refractivity contribution in [3.8, 4) is 0 Å². The molecule has 22 heavy (non-hydrogen) atoms. The first-order valence-corrected chi connectivity index (χ1v) is 7.49. The van der Waals surface area contributed by atoms with Crippen LogP contribution < -0.4 is 10.2 Å². The largest absolute Gasteiger partial charge is 0.372 e. The van der Waals surface area contributed by atoms with E-state index in [0.717, 1.165) is 28.4 Å². The van der Waals surface area contributed by atoms with Gasteiger partial charge in [0.2, 0.25) is 5.91 Å². The van der Waals surface area contributed by atoms with Crippen LogP contribution in [0.1, 0.15) is 35.1 Å². The molecule has 1 N–H and O–H groups in total. The lowest BCUT2D eigenvalue weighted by molar-refractivity contribution is -0.119. The predicted molar refractivity (Wildman–Crippen MR) is 86.2 cm³/mol. The molecule has 0 aliphatic carbocycles. The molecular formula is C17H21N3O2. The van der Waals surface area contributed by atoms with Gasteiger partial charge in [-0.1, -0.05) is 5.16 Å². The molecule has 5 heteroatoms. The average Bonchev–Trinajstić information content (AvgIpc) is 2.78. The topological polar surface area (TPSA) is 58.4 Å². The molecule has 1 aliphatic heterocycles. The number of benzene rings is 1. The number of anilines is 2. The van der Waals surface area contributed by atoms with Gasteiger partial charge in [-0.2, -0.15) is 0 Å². The molecule has 116 valence electrons.